The first-order valence-electron chi connectivity index (χ1n) is 6.61. The zero-order chi connectivity index (χ0) is 14.8. The number of methoxy groups -OCH3 is 1. The highest BCUT2D eigenvalue weighted by atomic mass is 16.5. The molecule has 0 aliphatic rings. The lowest BCUT2D eigenvalue weighted by atomic mass is 10.3. The summed E-state index contributed by atoms with van der Waals surface area (Å²) in [4.78, 5) is 21.9. The summed E-state index contributed by atoms with van der Waals surface area (Å²) in [6.45, 7) is 2.81. The largest absolute Gasteiger partial charge is 0.385 e. The van der Waals surface area contributed by atoms with Crippen molar-refractivity contribution in [3.63, 3.8) is 0 Å². The Morgan fingerprint density at radius 3 is 2.85 bits per heavy atom. The lowest BCUT2D eigenvalue weighted by molar-refractivity contribution is 0.0946. The normalized spacial score (nSPS) is 10.6. The average molecular weight is 281 g/mol. The van der Waals surface area contributed by atoms with E-state index in [0.717, 1.165) is 19.5 Å². The van der Waals surface area contributed by atoms with Crippen LogP contribution in [0.4, 0.5) is 5.82 Å². The molecule has 0 fully saturated rings. The molecule has 0 spiro atoms. The van der Waals surface area contributed by atoms with Crippen LogP contribution < -0.4 is 10.6 Å². The van der Waals surface area contributed by atoms with Gasteiger partial charge in [-0.15, -0.1) is 0 Å². The van der Waals surface area contributed by atoms with Crippen LogP contribution in [0.15, 0.2) is 12.4 Å². The van der Waals surface area contributed by atoms with Crippen molar-refractivity contribution in [1.29, 1.82) is 0 Å². The van der Waals surface area contributed by atoms with Crippen LogP contribution in [0.5, 0.6) is 0 Å². The van der Waals surface area contributed by atoms with Crippen molar-refractivity contribution >= 4 is 11.7 Å². The second-order valence-electron chi connectivity index (χ2n) is 4.62. The monoisotopic (exact) mass is 281 g/mol. The molecule has 1 rings (SSSR count). The molecule has 0 atom stereocenters. The molecule has 0 radical (unpaired) electrons. The van der Waals surface area contributed by atoms with Crippen molar-refractivity contribution in [2.45, 2.75) is 6.42 Å². The van der Waals surface area contributed by atoms with Crippen molar-refractivity contribution in [1.82, 2.24) is 20.2 Å². The number of hydrogen-bond acceptors (Lipinski definition) is 6. The molecule has 7 heteroatoms. The number of amides is 1. The highest BCUT2D eigenvalue weighted by Gasteiger charge is 2.08. The molecular weight excluding hydrogens is 258 g/mol. The zero-order valence-corrected chi connectivity index (χ0v) is 12.3. The average Bonchev–Trinajstić information content (AvgIpc) is 2.43. The number of nitrogens with one attached hydrogen (secondary N) is 2. The van der Waals surface area contributed by atoms with Gasteiger partial charge >= 0.3 is 0 Å². The van der Waals surface area contributed by atoms with E-state index in [0.29, 0.717) is 24.7 Å². The van der Waals surface area contributed by atoms with E-state index in [2.05, 4.69) is 20.6 Å². The molecule has 0 saturated heterocycles. The van der Waals surface area contributed by atoms with Crippen LogP contribution in [0, 0.1) is 0 Å². The minimum absolute atomic E-state index is 0.186. The molecule has 1 aromatic heterocycles. The first-order valence-corrected chi connectivity index (χ1v) is 6.61. The van der Waals surface area contributed by atoms with Crippen LogP contribution in [0.2, 0.25) is 0 Å². The van der Waals surface area contributed by atoms with Gasteiger partial charge in [0.25, 0.3) is 5.91 Å². The Bertz CT molecular complexity index is 412. The number of carbonyl (C=O) groups is 1. The standard InChI is InChI=1S/C13H23N5O2/c1-18(2)7-6-15-13(19)11-9-12(17-10-16-11)14-5-4-8-20-3/h9-10H,4-8H2,1-3H3,(H,15,19)(H,14,16,17). The number of rotatable bonds is 9. The van der Waals surface area contributed by atoms with Crippen LogP contribution in [-0.4, -0.2) is 68.2 Å². The first-order chi connectivity index (χ1) is 9.63. The Balaban J connectivity index is 2.43. The quantitative estimate of drug-likeness (QED) is 0.630. The molecule has 112 valence electrons. The van der Waals surface area contributed by atoms with Crippen molar-refractivity contribution in [3.05, 3.63) is 18.1 Å². The third kappa shape index (κ3) is 6.44. The van der Waals surface area contributed by atoms with E-state index >= 15 is 0 Å². The summed E-state index contributed by atoms with van der Waals surface area (Å²) in [5, 5.41) is 5.94. The van der Waals surface area contributed by atoms with Crippen molar-refractivity contribution in [2.24, 2.45) is 0 Å². The molecule has 0 bridgehead atoms. The number of hydrogen-bond donors (Lipinski definition) is 2. The molecule has 1 heterocycles. The van der Waals surface area contributed by atoms with Gasteiger partial charge in [-0.2, -0.15) is 0 Å². The molecule has 0 unspecified atom stereocenters. The Hall–Kier alpha value is -1.73. The van der Waals surface area contributed by atoms with E-state index in [4.69, 9.17) is 4.74 Å². The van der Waals surface area contributed by atoms with E-state index in [1.54, 1.807) is 13.2 Å². The molecule has 0 aromatic carbocycles. The number of nitrogens with zero attached hydrogens (tertiary/aromatic N) is 3. The van der Waals surface area contributed by atoms with Gasteiger partial charge in [-0.1, -0.05) is 0 Å². The van der Waals surface area contributed by atoms with E-state index in [-0.39, 0.29) is 5.91 Å². The van der Waals surface area contributed by atoms with Crippen LogP contribution >= 0.6 is 0 Å². The van der Waals surface area contributed by atoms with Gasteiger partial charge in [0.1, 0.15) is 17.8 Å². The van der Waals surface area contributed by atoms with Gasteiger partial charge < -0.3 is 20.3 Å². The predicted molar refractivity (Wildman–Crippen MR) is 77.9 cm³/mol. The predicted octanol–water partition coefficient (Wildman–Crippen LogP) is 0.216. The topological polar surface area (TPSA) is 79.4 Å². The van der Waals surface area contributed by atoms with Gasteiger partial charge in [0.2, 0.25) is 0 Å². The van der Waals surface area contributed by atoms with Crippen LogP contribution in [0.3, 0.4) is 0 Å². The molecule has 7 nitrogen and oxygen atoms in total. The third-order valence-corrected chi connectivity index (χ3v) is 2.58. The second-order valence-corrected chi connectivity index (χ2v) is 4.62. The number of anilines is 1. The summed E-state index contributed by atoms with van der Waals surface area (Å²) in [6, 6.07) is 1.65. The molecule has 1 aromatic rings. The maximum atomic E-state index is 11.9. The first kappa shape index (κ1) is 16.3. The third-order valence-electron chi connectivity index (χ3n) is 2.58. The molecule has 0 saturated carbocycles. The Kier molecular flexibility index (Phi) is 7.52. The van der Waals surface area contributed by atoms with Gasteiger partial charge in [-0.25, -0.2) is 9.97 Å². The minimum atomic E-state index is -0.186. The van der Waals surface area contributed by atoms with Crippen molar-refractivity contribution in [2.75, 3.05) is 52.8 Å². The fourth-order valence-electron chi connectivity index (χ4n) is 1.49. The van der Waals surface area contributed by atoms with E-state index < -0.39 is 0 Å². The second kappa shape index (κ2) is 9.22. The van der Waals surface area contributed by atoms with Gasteiger partial charge in [-0.3, -0.25) is 4.79 Å². The lowest BCUT2D eigenvalue weighted by Crippen LogP contribution is -2.31. The van der Waals surface area contributed by atoms with Gasteiger partial charge in [0.15, 0.2) is 0 Å². The fourth-order valence-corrected chi connectivity index (χ4v) is 1.49. The van der Waals surface area contributed by atoms with Crippen LogP contribution in [0.1, 0.15) is 16.9 Å². The summed E-state index contributed by atoms with van der Waals surface area (Å²) in [5.41, 5.74) is 0.369. The number of carbonyl (C=O) groups excluding carboxylic acids is 1. The van der Waals surface area contributed by atoms with Crippen LogP contribution in [0.25, 0.3) is 0 Å². The maximum Gasteiger partial charge on any atom is 0.270 e. The minimum Gasteiger partial charge on any atom is -0.385 e. The summed E-state index contributed by atoms with van der Waals surface area (Å²) in [7, 11) is 5.58. The summed E-state index contributed by atoms with van der Waals surface area (Å²) in [5.74, 6) is 0.461. The zero-order valence-electron chi connectivity index (χ0n) is 12.3. The van der Waals surface area contributed by atoms with E-state index in [1.165, 1.54) is 6.33 Å². The van der Waals surface area contributed by atoms with E-state index in [9.17, 15) is 4.79 Å². The number of likely N-dealkylation sites (N-methyl/N-ethyl adjacent to an activating group) is 1. The van der Waals surface area contributed by atoms with Gasteiger partial charge in [0.05, 0.1) is 0 Å². The number of ether oxygens (including phenoxy) is 1. The van der Waals surface area contributed by atoms with Crippen LogP contribution in [-0.2, 0) is 4.74 Å². The van der Waals surface area contributed by atoms with Crippen molar-refractivity contribution in [3.8, 4) is 0 Å². The maximum absolute atomic E-state index is 11.9. The highest BCUT2D eigenvalue weighted by Crippen LogP contribution is 2.03. The smallest absolute Gasteiger partial charge is 0.270 e. The molecule has 0 aliphatic heterocycles. The Morgan fingerprint density at radius 1 is 1.35 bits per heavy atom. The van der Waals surface area contributed by atoms with Gasteiger partial charge in [0, 0.05) is 39.4 Å². The molecule has 2 N–H and O–H groups in total. The summed E-state index contributed by atoms with van der Waals surface area (Å²) >= 11 is 0. The summed E-state index contributed by atoms with van der Waals surface area (Å²) in [6.07, 6.45) is 2.27. The molecule has 0 aliphatic carbocycles. The number of aromatic nitrogens is 2. The highest BCUT2D eigenvalue weighted by molar-refractivity contribution is 5.92. The van der Waals surface area contributed by atoms with Crippen molar-refractivity contribution < 1.29 is 9.53 Å². The molecule has 20 heavy (non-hydrogen) atoms. The lowest BCUT2D eigenvalue weighted by Gasteiger charge is -2.10. The fraction of sp³-hybridized carbons (Fsp3) is 0.615. The Labute approximate surface area is 119 Å². The SMILES string of the molecule is COCCCNc1cc(C(=O)NCCN(C)C)ncn1. The van der Waals surface area contributed by atoms with Gasteiger partial charge in [-0.05, 0) is 20.5 Å². The molecule has 1 amide bonds. The molecular formula is C13H23N5O2. The summed E-state index contributed by atoms with van der Waals surface area (Å²) < 4.78 is 4.96. The Morgan fingerprint density at radius 2 is 2.15 bits per heavy atom. The van der Waals surface area contributed by atoms with E-state index in [1.807, 2.05) is 19.0 Å².